The van der Waals surface area contributed by atoms with Gasteiger partial charge in [0.1, 0.15) is 17.6 Å². The molecule has 5 nitrogen and oxygen atoms in total. The lowest BCUT2D eigenvalue weighted by Crippen LogP contribution is -2.50. The lowest BCUT2D eigenvalue weighted by atomic mass is 9.95. The molecule has 0 bridgehead atoms. The van der Waals surface area contributed by atoms with Crippen LogP contribution >= 0.6 is 11.6 Å². The molecule has 2 aromatic rings. The van der Waals surface area contributed by atoms with E-state index in [1.54, 1.807) is 32.2 Å². The summed E-state index contributed by atoms with van der Waals surface area (Å²) in [6.07, 6.45) is 5.07. The highest BCUT2D eigenvalue weighted by Crippen LogP contribution is 2.23. The van der Waals surface area contributed by atoms with Crippen LogP contribution in [0.25, 0.3) is 0 Å². The first-order valence-corrected chi connectivity index (χ1v) is 11.4. The number of amides is 2. The minimum absolute atomic E-state index is 0.137. The second-order valence-electron chi connectivity index (χ2n) is 8.27. The zero-order valence-electron chi connectivity index (χ0n) is 18.6. The van der Waals surface area contributed by atoms with Crippen LogP contribution in [-0.2, 0) is 22.6 Å². The van der Waals surface area contributed by atoms with Gasteiger partial charge in [-0.25, -0.2) is 4.39 Å². The van der Waals surface area contributed by atoms with Crippen LogP contribution in [0.3, 0.4) is 0 Å². The molecule has 0 aromatic heterocycles. The molecule has 0 unspecified atom stereocenters. The Kier molecular flexibility index (Phi) is 8.51. The van der Waals surface area contributed by atoms with Crippen molar-refractivity contribution < 1.29 is 18.7 Å². The molecular weight excluding hydrogens is 431 g/mol. The van der Waals surface area contributed by atoms with Gasteiger partial charge in [0.05, 0.1) is 13.5 Å². The van der Waals surface area contributed by atoms with Crippen molar-refractivity contribution in [1.29, 1.82) is 0 Å². The van der Waals surface area contributed by atoms with Crippen molar-refractivity contribution in [2.45, 2.75) is 64.1 Å². The van der Waals surface area contributed by atoms with Gasteiger partial charge in [-0.2, -0.15) is 0 Å². The van der Waals surface area contributed by atoms with E-state index in [0.29, 0.717) is 5.75 Å². The summed E-state index contributed by atoms with van der Waals surface area (Å²) in [5, 5.41) is 3.29. The molecule has 1 aliphatic carbocycles. The number of nitrogens with one attached hydrogen (secondary N) is 1. The van der Waals surface area contributed by atoms with Crippen molar-refractivity contribution in [2.75, 3.05) is 7.11 Å². The number of benzene rings is 2. The van der Waals surface area contributed by atoms with E-state index in [2.05, 4.69) is 5.32 Å². The number of carbonyl (C=O) groups excluding carboxylic acids is 2. The highest BCUT2D eigenvalue weighted by molar-refractivity contribution is 6.31. The molecule has 172 valence electrons. The molecule has 1 N–H and O–H groups in total. The lowest BCUT2D eigenvalue weighted by Gasteiger charge is -2.31. The molecule has 0 radical (unpaired) electrons. The number of carbonyl (C=O) groups is 2. The van der Waals surface area contributed by atoms with E-state index in [1.807, 2.05) is 12.1 Å². The highest BCUT2D eigenvalue weighted by atomic mass is 35.5. The van der Waals surface area contributed by atoms with Crippen LogP contribution in [0, 0.1) is 5.82 Å². The Bertz CT molecular complexity index is 909. The average Bonchev–Trinajstić information content (AvgIpc) is 2.80. The number of hydrogen-bond acceptors (Lipinski definition) is 3. The summed E-state index contributed by atoms with van der Waals surface area (Å²) in [4.78, 5) is 27.8. The quantitative estimate of drug-likeness (QED) is 0.609. The number of nitrogens with zero attached hydrogens (tertiary/aromatic N) is 1. The van der Waals surface area contributed by atoms with Gasteiger partial charge in [0.25, 0.3) is 0 Å². The predicted octanol–water partition coefficient (Wildman–Crippen LogP) is 4.90. The summed E-state index contributed by atoms with van der Waals surface area (Å²) in [7, 11) is 1.58. The standard InChI is InChI=1S/C25H30ClFN2O3/c1-17(25(31)28-19-7-4-3-5-8-19)29(16-18-11-13-20(32-2)14-12-18)24(30)15-21-22(26)9-6-10-23(21)27/h6,9-14,17,19H,3-5,7-8,15-16H2,1-2H3,(H,28,31)/t17-/m1/s1. The molecule has 32 heavy (non-hydrogen) atoms. The van der Waals surface area contributed by atoms with E-state index in [4.69, 9.17) is 16.3 Å². The van der Waals surface area contributed by atoms with Crippen molar-refractivity contribution in [3.8, 4) is 5.75 Å². The van der Waals surface area contributed by atoms with Gasteiger partial charge < -0.3 is 15.0 Å². The maximum Gasteiger partial charge on any atom is 0.242 e. The second kappa shape index (κ2) is 11.3. The van der Waals surface area contributed by atoms with Gasteiger partial charge in [-0.1, -0.05) is 49.1 Å². The summed E-state index contributed by atoms with van der Waals surface area (Å²) < 4.78 is 19.5. The number of halogens is 2. The van der Waals surface area contributed by atoms with E-state index in [1.165, 1.54) is 23.5 Å². The normalized spacial score (nSPS) is 15.1. The number of methoxy groups -OCH3 is 1. The predicted molar refractivity (Wildman–Crippen MR) is 123 cm³/mol. The van der Waals surface area contributed by atoms with Crippen molar-refractivity contribution in [3.05, 3.63) is 64.4 Å². The van der Waals surface area contributed by atoms with Crippen LogP contribution in [0.1, 0.15) is 50.2 Å². The highest BCUT2D eigenvalue weighted by Gasteiger charge is 2.29. The second-order valence-corrected chi connectivity index (χ2v) is 8.67. The molecular formula is C25H30ClFN2O3. The molecule has 2 aromatic carbocycles. The fourth-order valence-corrected chi connectivity index (χ4v) is 4.26. The van der Waals surface area contributed by atoms with Crippen LogP contribution in [-0.4, -0.2) is 35.9 Å². The molecule has 1 aliphatic rings. The fraction of sp³-hybridized carbons (Fsp3) is 0.440. The molecule has 3 rings (SSSR count). The smallest absolute Gasteiger partial charge is 0.242 e. The molecule has 2 amide bonds. The Labute approximate surface area is 193 Å². The summed E-state index contributed by atoms with van der Waals surface area (Å²) >= 11 is 6.14. The molecule has 0 heterocycles. The SMILES string of the molecule is COc1ccc(CN(C(=O)Cc2c(F)cccc2Cl)[C@H](C)C(=O)NC2CCCCC2)cc1. The maximum atomic E-state index is 14.3. The molecule has 0 saturated heterocycles. The average molecular weight is 461 g/mol. The Morgan fingerprint density at radius 3 is 2.47 bits per heavy atom. The van der Waals surface area contributed by atoms with Crippen LogP contribution in [0.4, 0.5) is 4.39 Å². The third-order valence-corrected chi connectivity index (χ3v) is 6.37. The molecule has 7 heteroatoms. The summed E-state index contributed by atoms with van der Waals surface area (Å²) in [6, 6.07) is 11.1. The molecule has 0 aliphatic heterocycles. The molecule has 0 spiro atoms. The minimum Gasteiger partial charge on any atom is -0.497 e. The number of ether oxygens (including phenoxy) is 1. The zero-order valence-corrected chi connectivity index (χ0v) is 19.3. The van der Waals surface area contributed by atoms with Gasteiger partial charge in [0.2, 0.25) is 11.8 Å². The monoisotopic (exact) mass is 460 g/mol. The zero-order chi connectivity index (χ0) is 23.1. The van der Waals surface area contributed by atoms with Gasteiger partial charge in [-0.3, -0.25) is 9.59 Å². The maximum absolute atomic E-state index is 14.3. The third kappa shape index (κ3) is 6.22. The molecule has 1 atom stereocenters. The van der Waals surface area contributed by atoms with E-state index in [-0.39, 0.29) is 41.4 Å². The Hall–Kier alpha value is -2.60. The van der Waals surface area contributed by atoms with Crippen LogP contribution in [0.2, 0.25) is 5.02 Å². The lowest BCUT2D eigenvalue weighted by molar-refractivity contribution is -0.140. The molecule has 1 fully saturated rings. The van der Waals surface area contributed by atoms with Crippen LogP contribution in [0.15, 0.2) is 42.5 Å². The van der Waals surface area contributed by atoms with Gasteiger partial charge in [-0.05, 0) is 49.6 Å². The Morgan fingerprint density at radius 1 is 1.16 bits per heavy atom. The molecule has 1 saturated carbocycles. The fourth-order valence-electron chi connectivity index (χ4n) is 4.03. The van der Waals surface area contributed by atoms with E-state index >= 15 is 0 Å². The largest absolute Gasteiger partial charge is 0.497 e. The summed E-state index contributed by atoms with van der Waals surface area (Å²) in [5.74, 6) is -0.389. The number of rotatable bonds is 8. The van der Waals surface area contributed by atoms with E-state index < -0.39 is 11.9 Å². The van der Waals surface area contributed by atoms with Gasteiger partial charge in [-0.15, -0.1) is 0 Å². The first kappa shape index (κ1) is 24.1. The Morgan fingerprint density at radius 2 is 1.84 bits per heavy atom. The van der Waals surface area contributed by atoms with Crippen molar-refractivity contribution >= 4 is 23.4 Å². The van der Waals surface area contributed by atoms with Crippen molar-refractivity contribution in [2.24, 2.45) is 0 Å². The minimum atomic E-state index is -0.711. The van der Waals surface area contributed by atoms with E-state index in [0.717, 1.165) is 31.2 Å². The van der Waals surface area contributed by atoms with Crippen molar-refractivity contribution in [3.63, 3.8) is 0 Å². The van der Waals surface area contributed by atoms with Crippen LogP contribution in [0.5, 0.6) is 5.75 Å². The summed E-state index contributed by atoms with van der Waals surface area (Å²) in [5.41, 5.74) is 0.981. The first-order valence-electron chi connectivity index (χ1n) is 11.0. The van der Waals surface area contributed by atoms with E-state index in [9.17, 15) is 14.0 Å². The van der Waals surface area contributed by atoms with Gasteiger partial charge in [0, 0.05) is 23.2 Å². The van der Waals surface area contributed by atoms with Crippen LogP contribution < -0.4 is 10.1 Å². The topological polar surface area (TPSA) is 58.6 Å². The Balaban J connectivity index is 1.80. The first-order chi connectivity index (χ1) is 15.4. The third-order valence-electron chi connectivity index (χ3n) is 6.02. The van der Waals surface area contributed by atoms with Gasteiger partial charge >= 0.3 is 0 Å². The van der Waals surface area contributed by atoms with Gasteiger partial charge in [0.15, 0.2) is 0 Å². The number of hydrogen-bond donors (Lipinski definition) is 1. The van der Waals surface area contributed by atoms with Crippen molar-refractivity contribution in [1.82, 2.24) is 10.2 Å². The summed E-state index contributed by atoms with van der Waals surface area (Å²) in [6.45, 7) is 1.93.